The summed E-state index contributed by atoms with van der Waals surface area (Å²) < 4.78 is 5.41. The van der Waals surface area contributed by atoms with E-state index in [1.165, 1.54) is 17.7 Å². The summed E-state index contributed by atoms with van der Waals surface area (Å²) in [6, 6.07) is 2.39. The number of thiazole rings is 1. The molecule has 0 amide bonds. The average molecular weight is 375 g/mol. The minimum Gasteiger partial charge on any atom is -0.378 e. The number of ether oxygens (including phenoxy) is 1. The van der Waals surface area contributed by atoms with Gasteiger partial charge in [-0.25, -0.2) is 9.97 Å². The van der Waals surface area contributed by atoms with Gasteiger partial charge in [0.25, 0.3) is 0 Å². The number of nitrogens with zero attached hydrogens (tertiary/aromatic N) is 5. The highest BCUT2D eigenvalue weighted by Crippen LogP contribution is 2.21. The molecule has 2 aromatic heterocycles. The monoisotopic (exact) mass is 374 g/mol. The molecule has 1 atom stereocenters. The first kappa shape index (κ1) is 17.6. The first-order chi connectivity index (χ1) is 12.8. The molecule has 0 saturated carbocycles. The van der Waals surface area contributed by atoms with Crippen LogP contribution in [0.3, 0.4) is 0 Å². The molecule has 1 unspecified atom stereocenters. The summed E-state index contributed by atoms with van der Waals surface area (Å²) in [4.78, 5) is 19.6. The molecule has 140 valence electrons. The third kappa shape index (κ3) is 4.31. The van der Waals surface area contributed by atoms with Gasteiger partial charge in [0.1, 0.15) is 5.82 Å². The molecular weight excluding hydrogens is 348 g/mol. The molecule has 0 aliphatic carbocycles. The van der Waals surface area contributed by atoms with E-state index < -0.39 is 0 Å². The number of anilines is 2. The Balaban J connectivity index is 1.36. The van der Waals surface area contributed by atoms with Gasteiger partial charge in [0.2, 0.25) is 5.95 Å². The van der Waals surface area contributed by atoms with Crippen molar-refractivity contribution in [1.29, 1.82) is 0 Å². The zero-order valence-corrected chi connectivity index (χ0v) is 16.0. The number of nitrogens with one attached hydrogen (secondary N) is 1. The van der Waals surface area contributed by atoms with Gasteiger partial charge < -0.3 is 15.0 Å². The van der Waals surface area contributed by atoms with E-state index in [-0.39, 0.29) is 0 Å². The normalized spacial score (nSPS) is 21.7. The summed E-state index contributed by atoms with van der Waals surface area (Å²) in [5.41, 5.74) is 3.11. The smallest absolute Gasteiger partial charge is 0.227 e. The third-order valence-corrected chi connectivity index (χ3v) is 5.93. The second-order valence-electron chi connectivity index (χ2n) is 6.92. The Labute approximate surface area is 158 Å². The van der Waals surface area contributed by atoms with Crippen molar-refractivity contribution < 1.29 is 4.74 Å². The standard InChI is InChI=1S/C18H26N6OS/c1-14-16(26-13-20-14)12-23-6-2-3-15(11-23)21-17-4-5-19-18(22-17)24-7-9-25-10-8-24/h4-5,13,15H,2-3,6-12H2,1H3,(H,19,21,22). The SMILES string of the molecule is Cc1ncsc1CN1CCCC(Nc2ccnc(N3CCOCC3)n2)C1. The van der Waals surface area contributed by atoms with Crippen molar-refractivity contribution in [3.8, 4) is 0 Å². The van der Waals surface area contributed by atoms with Gasteiger partial charge in [-0.3, -0.25) is 4.90 Å². The van der Waals surface area contributed by atoms with Crippen LogP contribution in [0.15, 0.2) is 17.8 Å². The minimum atomic E-state index is 0.421. The van der Waals surface area contributed by atoms with Gasteiger partial charge in [0.05, 0.1) is 24.4 Å². The Kier molecular flexibility index (Phi) is 5.62. The summed E-state index contributed by atoms with van der Waals surface area (Å²) in [5, 5.41) is 3.62. The van der Waals surface area contributed by atoms with Gasteiger partial charge >= 0.3 is 0 Å². The third-order valence-electron chi connectivity index (χ3n) is 5.01. The van der Waals surface area contributed by atoms with Crippen LogP contribution in [0, 0.1) is 6.92 Å². The van der Waals surface area contributed by atoms with Crippen molar-refractivity contribution in [1.82, 2.24) is 19.9 Å². The zero-order valence-electron chi connectivity index (χ0n) is 15.2. The van der Waals surface area contributed by atoms with Crippen LogP contribution in [0.1, 0.15) is 23.4 Å². The molecule has 7 nitrogen and oxygen atoms in total. The molecule has 2 fully saturated rings. The second kappa shape index (κ2) is 8.28. The topological polar surface area (TPSA) is 66.4 Å². The Morgan fingerprint density at radius 1 is 1.27 bits per heavy atom. The van der Waals surface area contributed by atoms with Gasteiger partial charge in [0.15, 0.2) is 0 Å². The van der Waals surface area contributed by atoms with E-state index >= 15 is 0 Å². The number of rotatable bonds is 5. The average Bonchev–Trinajstić information content (AvgIpc) is 3.08. The second-order valence-corrected chi connectivity index (χ2v) is 7.86. The van der Waals surface area contributed by atoms with Crippen molar-refractivity contribution >= 4 is 23.1 Å². The fourth-order valence-electron chi connectivity index (χ4n) is 3.55. The Bertz CT molecular complexity index is 717. The molecule has 0 spiro atoms. The van der Waals surface area contributed by atoms with Crippen LogP contribution in [0.25, 0.3) is 0 Å². The maximum absolute atomic E-state index is 5.41. The van der Waals surface area contributed by atoms with Gasteiger partial charge in [-0.15, -0.1) is 11.3 Å². The number of morpholine rings is 1. The number of hydrogen-bond donors (Lipinski definition) is 1. The molecule has 4 rings (SSSR count). The molecule has 8 heteroatoms. The van der Waals surface area contributed by atoms with Crippen LogP contribution in [0.2, 0.25) is 0 Å². The molecule has 2 aliphatic heterocycles. The fourth-order valence-corrected chi connectivity index (χ4v) is 4.37. The van der Waals surface area contributed by atoms with Gasteiger partial charge in [-0.1, -0.05) is 0 Å². The van der Waals surface area contributed by atoms with Gasteiger partial charge in [0, 0.05) is 43.3 Å². The van der Waals surface area contributed by atoms with Crippen LogP contribution >= 0.6 is 11.3 Å². The van der Waals surface area contributed by atoms with Crippen molar-refractivity contribution in [3.05, 3.63) is 28.3 Å². The molecule has 26 heavy (non-hydrogen) atoms. The molecule has 1 N–H and O–H groups in total. The van der Waals surface area contributed by atoms with Crippen molar-refractivity contribution in [2.24, 2.45) is 0 Å². The van der Waals surface area contributed by atoms with Gasteiger partial charge in [-0.2, -0.15) is 4.98 Å². The number of aromatic nitrogens is 3. The summed E-state index contributed by atoms with van der Waals surface area (Å²) >= 11 is 1.76. The molecule has 2 aromatic rings. The van der Waals surface area contributed by atoms with E-state index in [0.29, 0.717) is 6.04 Å². The summed E-state index contributed by atoms with van der Waals surface area (Å²) in [5.74, 6) is 1.72. The molecular formula is C18H26N6OS. The molecule has 0 aromatic carbocycles. The lowest BCUT2D eigenvalue weighted by molar-refractivity contribution is 0.122. The van der Waals surface area contributed by atoms with Crippen LogP contribution in [-0.2, 0) is 11.3 Å². The highest BCUT2D eigenvalue weighted by molar-refractivity contribution is 7.09. The largest absolute Gasteiger partial charge is 0.378 e. The highest BCUT2D eigenvalue weighted by atomic mass is 32.1. The number of likely N-dealkylation sites (tertiary alicyclic amines) is 1. The van der Waals surface area contributed by atoms with Crippen molar-refractivity contribution in [3.63, 3.8) is 0 Å². The number of hydrogen-bond acceptors (Lipinski definition) is 8. The van der Waals surface area contributed by atoms with E-state index in [1.54, 1.807) is 11.3 Å². The van der Waals surface area contributed by atoms with Crippen LogP contribution in [0.4, 0.5) is 11.8 Å². The van der Waals surface area contributed by atoms with Gasteiger partial charge in [-0.05, 0) is 32.4 Å². The lowest BCUT2D eigenvalue weighted by Gasteiger charge is -2.33. The molecule has 2 aliphatic rings. The quantitative estimate of drug-likeness (QED) is 0.860. The Morgan fingerprint density at radius 3 is 2.96 bits per heavy atom. The van der Waals surface area contributed by atoms with Crippen LogP contribution < -0.4 is 10.2 Å². The zero-order chi connectivity index (χ0) is 17.8. The molecule has 2 saturated heterocycles. The number of piperidine rings is 1. The number of aryl methyl sites for hydroxylation is 1. The van der Waals surface area contributed by atoms with Crippen molar-refractivity contribution in [2.75, 3.05) is 49.6 Å². The Morgan fingerprint density at radius 2 is 2.15 bits per heavy atom. The molecule has 4 heterocycles. The van der Waals surface area contributed by atoms with Crippen LogP contribution in [-0.4, -0.2) is 65.3 Å². The van der Waals surface area contributed by atoms with E-state index in [1.807, 2.05) is 17.8 Å². The first-order valence-corrected chi connectivity index (χ1v) is 10.2. The van der Waals surface area contributed by atoms with Crippen molar-refractivity contribution in [2.45, 2.75) is 32.4 Å². The van der Waals surface area contributed by atoms with E-state index in [2.05, 4.69) is 32.0 Å². The first-order valence-electron chi connectivity index (χ1n) is 9.31. The molecule has 0 radical (unpaired) electrons. The lowest BCUT2D eigenvalue weighted by Crippen LogP contribution is -2.42. The predicted octanol–water partition coefficient (Wildman–Crippen LogP) is 2.15. The highest BCUT2D eigenvalue weighted by Gasteiger charge is 2.22. The Hall–Kier alpha value is -1.77. The predicted molar refractivity (Wildman–Crippen MR) is 104 cm³/mol. The van der Waals surface area contributed by atoms with E-state index in [9.17, 15) is 0 Å². The summed E-state index contributed by atoms with van der Waals surface area (Å²) in [6.07, 6.45) is 4.23. The maximum atomic E-state index is 5.41. The summed E-state index contributed by atoms with van der Waals surface area (Å²) in [6.45, 7) is 8.48. The lowest BCUT2D eigenvalue weighted by atomic mass is 10.1. The van der Waals surface area contributed by atoms with E-state index in [4.69, 9.17) is 9.72 Å². The molecule has 0 bridgehead atoms. The van der Waals surface area contributed by atoms with E-state index in [0.717, 1.165) is 63.4 Å². The maximum Gasteiger partial charge on any atom is 0.227 e. The van der Waals surface area contributed by atoms with Crippen LogP contribution in [0.5, 0.6) is 0 Å². The fraction of sp³-hybridized carbons (Fsp3) is 0.611. The minimum absolute atomic E-state index is 0.421. The summed E-state index contributed by atoms with van der Waals surface area (Å²) in [7, 11) is 0.